The van der Waals surface area contributed by atoms with Crippen LogP contribution in [0.3, 0.4) is 0 Å². The smallest absolute Gasteiger partial charge is 0.399 e. The molecule has 1 fully saturated rings. The third-order valence-electron chi connectivity index (χ3n) is 9.26. The first-order chi connectivity index (χ1) is 21.8. The summed E-state index contributed by atoms with van der Waals surface area (Å²) in [6.07, 6.45) is 0. The van der Waals surface area contributed by atoms with Gasteiger partial charge in [0, 0.05) is 0 Å². The second-order valence-corrected chi connectivity index (χ2v) is 12.9. The zero-order chi connectivity index (χ0) is 31.0. The first-order valence-electron chi connectivity index (χ1n) is 15.7. The maximum absolute atomic E-state index is 6.51. The monoisotopic (exact) mass is 584 g/mol. The second-order valence-electron chi connectivity index (χ2n) is 12.9. The number of rotatable bonds is 6. The maximum Gasteiger partial charge on any atom is 0.494 e. The summed E-state index contributed by atoms with van der Waals surface area (Å²) in [5.41, 5.74) is 11.9. The predicted octanol–water partition coefficient (Wildman–Crippen LogP) is 10.3. The summed E-state index contributed by atoms with van der Waals surface area (Å²) < 4.78 is 13.0. The van der Waals surface area contributed by atoms with Crippen LogP contribution < -0.4 is 5.46 Å². The standard InChI is InChI=1S/C42H37BO2/c1-41(2)42(3,4)45-43(44-41)40-28-38(32-19-12-7-13-20-32)27-39(29-40)34-22-14-21-33(23-34)37-25-35(30-15-8-5-9-16-30)24-36(26-37)31-17-10-6-11-18-31/h5-29H,1-4H3. The van der Waals surface area contributed by atoms with Gasteiger partial charge in [-0.05, 0) is 119 Å². The summed E-state index contributed by atoms with van der Waals surface area (Å²) in [5.74, 6) is 0. The highest BCUT2D eigenvalue weighted by atomic mass is 16.7. The molecule has 0 radical (unpaired) electrons. The van der Waals surface area contributed by atoms with E-state index in [4.69, 9.17) is 9.31 Å². The Morgan fingerprint density at radius 3 is 1.02 bits per heavy atom. The normalized spacial score (nSPS) is 15.2. The molecule has 6 aromatic rings. The SMILES string of the molecule is CC1(C)OB(c2cc(-c3ccccc3)cc(-c3cccc(-c4cc(-c5ccccc5)cc(-c5ccccc5)c4)c3)c2)OC1(C)C. The number of benzene rings is 6. The lowest BCUT2D eigenvalue weighted by Crippen LogP contribution is -2.41. The van der Waals surface area contributed by atoms with E-state index < -0.39 is 18.3 Å². The summed E-state index contributed by atoms with van der Waals surface area (Å²) in [7, 11) is -0.448. The molecular weight excluding hydrogens is 547 g/mol. The molecule has 0 aromatic heterocycles. The fraction of sp³-hybridized carbons (Fsp3) is 0.143. The average molecular weight is 585 g/mol. The molecule has 45 heavy (non-hydrogen) atoms. The molecule has 220 valence electrons. The van der Waals surface area contributed by atoms with Gasteiger partial charge >= 0.3 is 7.12 Å². The van der Waals surface area contributed by atoms with E-state index >= 15 is 0 Å². The van der Waals surface area contributed by atoms with Gasteiger partial charge in [0.2, 0.25) is 0 Å². The highest BCUT2D eigenvalue weighted by Crippen LogP contribution is 2.38. The molecule has 0 N–H and O–H groups in total. The van der Waals surface area contributed by atoms with Crippen molar-refractivity contribution < 1.29 is 9.31 Å². The first-order valence-corrected chi connectivity index (χ1v) is 15.7. The van der Waals surface area contributed by atoms with Crippen LogP contribution in [0.4, 0.5) is 0 Å². The van der Waals surface area contributed by atoms with E-state index in [1.165, 1.54) is 33.4 Å². The fourth-order valence-corrected chi connectivity index (χ4v) is 6.00. The van der Waals surface area contributed by atoms with Crippen molar-refractivity contribution in [2.24, 2.45) is 0 Å². The quantitative estimate of drug-likeness (QED) is 0.181. The van der Waals surface area contributed by atoms with Crippen molar-refractivity contribution >= 4 is 12.6 Å². The molecule has 2 nitrogen and oxygen atoms in total. The maximum atomic E-state index is 6.51. The van der Waals surface area contributed by atoms with Crippen LogP contribution in [0.2, 0.25) is 0 Å². The lowest BCUT2D eigenvalue weighted by molar-refractivity contribution is 0.00578. The zero-order valence-corrected chi connectivity index (χ0v) is 26.3. The summed E-state index contributed by atoms with van der Waals surface area (Å²) in [6.45, 7) is 8.41. The highest BCUT2D eigenvalue weighted by Gasteiger charge is 2.51. The Kier molecular flexibility index (Phi) is 7.53. The van der Waals surface area contributed by atoms with Crippen LogP contribution in [0.5, 0.6) is 0 Å². The van der Waals surface area contributed by atoms with E-state index in [0.717, 1.165) is 27.7 Å². The van der Waals surface area contributed by atoms with E-state index in [1.807, 2.05) is 0 Å². The molecule has 3 heteroatoms. The Bertz CT molecular complexity index is 1870. The lowest BCUT2D eigenvalue weighted by Gasteiger charge is -2.32. The van der Waals surface area contributed by atoms with Crippen molar-refractivity contribution in [3.63, 3.8) is 0 Å². The van der Waals surface area contributed by atoms with Crippen molar-refractivity contribution in [3.05, 3.63) is 152 Å². The van der Waals surface area contributed by atoms with Crippen molar-refractivity contribution in [1.29, 1.82) is 0 Å². The molecule has 0 spiro atoms. The molecule has 0 bridgehead atoms. The number of hydrogen-bond donors (Lipinski definition) is 0. The van der Waals surface area contributed by atoms with Gasteiger partial charge in [-0.1, -0.05) is 121 Å². The van der Waals surface area contributed by atoms with Crippen LogP contribution >= 0.6 is 0 Å². The van der Waals surface area contributed by atoms with Crippen LogP contribution in [0.25, 0.3) is 55.6 Å². The third-order valence-corrected chi connectivity index (χ3v) is 9.26. The lowest BCUT2D eigenvalue weighted by atomic mass is 9.76. The van der Waals surface area contributed by atoms with Crippen molar-refractivity contribution in [3.8, 4) is 55.6 Å². The van der Waals surface area contributed by atoms with Gasteiger partial charge in [0.05, 0.1) is 11.2 Å². The Balaban J connectivity index is 1.35. The average Bonchev–Trinajstić information content (AvgIpc) is 3.31. The molecule has 0 saturated carbocycles. The Morgan fingerprint density at radius 1 is 0.333 bits per heavy atom. The van der Waals surface area contributed by atoms with Crippen LogP contribution in [-0.4, -0.2) is 18.3 Å². The molecule has 6 aromatic carbocycles. The largest absolute Gasteiger partial charge is 0.494 e. The molecule has 0 aliphatic carbocycles. The van der Waals surface area contributed by atoms with Crippen LogP contribution in [0, 0.1) is 0 Å². The molecule has 7 rings (SSSR count). The summed E-state index contributed by atoms with van der Waals surface area (Å²) in [4.78, 5) is 0. The van der Waals surface area contributed by atoms with E-state index in [2.05, 4.69) is 179 Å². The zero-order valence-electron chi connectivity index (χ0n) is 26.3. The van der Waals surface area contributed by atoms with Crippen LogP contribution in [-0.2, 0) is 9.31 Å². The van der Waals surface area contributed by atoms with Crippen molar-refractivity contribution in [2.75, 3.05) is 0 Å². The molecule has 1 heterocycles. The van der Waals surface area contributed by atoms with Gasteiger partial charge < -0.3 is 9.31 Å². The molecule has 1 saturated heterocycles. The van der Waals surface area contributed by atoms with Gasteiger partial charge in [-0.3, -0.25) is 0 Å². The molecule has 0 atom stereocenters. The van der Waals surface area contributed by atoms with Crippen LogP contribution in [0.1, 0.15) is 27.7 Å². The highest BCUT2D eigenvalue weighted by molar-refractivity contribution is 6.62. The van der Waals surface area contributed by atoms with Crippen molar-refractivity contribution in [1.82, 2.24) is 0 Å². The molecule has 0 amide bonds. The molecule has 1 aliphatic heterocycles. The van der Waals surface area contributed by atoms with Crippen LogP contribution in [0.15, 0.2) is 152 Å². The van der Waals surface area contributed by atoms with E-state index in [0.29, 0.717) is 0 Å². The molecule has 0 unspecified atom stereocenters. The Hall–Kier alpha value is -4.70. The van der Waals surface area contributed by atoms with Gasteiger partial charge in [-0.15, -0.1) is 0 Å². The van der Waals surface area contributed by atoms with E-state index in [-0.39, 0.29) is 0 Å². The fourth-order valence-electron chi connectivity index (χ4n) is 6.00. The summed E-state index contributed by atoms with van der Waals surface area (Å²) in [5, 5.41) is 0. The van der Waals surface area contributed by atoms with Gasteiger partial charge in [0.1, 0.15) is 0 Å². The summed E-state index contributed by atoms with van der Waals surface area (Å²) >= 11 is 0. The summed E-state index contributed by atoms with van der Waals surface area (Å²) in [6, 6.07) is 54.2. The van der Waals surface area contributed by atoms with Gasteiger partial charge in [0.25, 0.3) is 0 Å². The van der Waals surface area contributed by atoms with E-state index in [9.17, 15) is 0 Å². The van der Waals surface area contributed by atoms with Gasteiger partial charge in [0.15, 0.2) is 0 Å². The minimum atomic E-state index is -0.448. The Morgan fingerprint density at radius 2 is 0.622 bits per heavy atom. The Labute approximate surface area is 267 Å². The number of hydrogen-bond acceptors (Lipinski definition) is 2. The second kappa shape index (κ2) is 11.7. The van der Waals surface area contributed by atoms with Gasteiger partial charge in [-0.25, -0.2) is 0 Å². The van der Waals surface area contributed by atoms with Crippen molar-refractivity contribution in [2.45, 2.75) is 38.9 Å². The van der Waals surface area contributed by atoms with Gasteiger partial charge in [-0.2, -0.15) is 0 Å². The molecule has 1 aliphatic rings. The topological polar surface area (TPSA) is 18.5 Å². The third kappa shape index (κ3) is 5.90. The first kappa shape index (κ1) is 29.0. The van der Waals surface area contributed by atoms with E-state index in [1.54, 1.807) is 0 Å². The predicted molar refractivity (Wildman–Crippen MR) is 189 cm³/mol. The molecular formula is C42H37BO2. The minimum Gasteiger partial charge on any atom is -0.399 e. The minimum absolute atomic E-state index is 0.416.